The normalized spacial score (nSPS) is 16.0. The molecule has 0 bridgehead atoms. The molecule has 0 radical (unpaired) electrons. The van der Waals surface area contributed by atoms with Crippen LogP contribution in [-0.4, -0.2) is 17.8 Å². The van der Waals surface area contributed by atoms with Gasteiger partial charge in [0.05, 0.1) is 11.3 Å². The first-order valence-corrected chi connectivity index (χ1v) is 8.98. The van der Waals surface area contributed by atoms with Gasteiger partial charge in [0.15, 0.2) is 0 Å². The highest BCUT2D eigenvalue weighted by Crippen LogP contribution is 2.37. The molecule has 1 fully saturated rings. The fourth-order valence-electron chi connectivity index (χ4n) is 3.13. The number of carbonyl (C=O) groups excluding carboxylic acids is 3. The number of hydrogen-bond acceptors (Lipinski definition) is 4. The maximum Gasteiger partial charge on any atom is 0.417 e. The van der Waals surface area contributed by atoms with Crippen molar-refractivity contribution in [3.8, 4) is 11.3 Å². The monoisotopic (exact) mass is 426 g/mol. The van der Waals surface area contributed by atoms with Crippen molar-refractivity contribution < 1.29 is 32.0 Å². The summed E-state index contributed by atoms with van der Waals surface area (Å²) in [7, 11) is 0. The number of benzene rings is 2. The fraction of sp³-hybridized carbons (Fsp3) is 0.0455. The Kier molecular flexibility index (Phi) is 4.94. The Balaban J connectivity index is 1.70. The second kappa shape index (κ2) is 7.60. The van der Waals surface area contributed by atoms with Crippen LogP contribution in [0.3, 0.4) is 0 Å². The van der Waals surface area contributed by atoms with Gasteiger partial charge in [-0.3, -0.25) is 14.9 Å². The molecule has 0 aliphatic carbocycles. The molecule has 0 atom stereocenters. The summed E-state index contributed by atoms with van der Waals surface area (Å²) in [5, 5.41) is 2.06. The maximum absolute atomic E-state index is 13.3. The number of imide groups is 2. The number of carbonyl (C=O) groups is 3. The van der Waals surface area contributed by atoms with Gasteiger partial charge >= 0.3 is 12.2 Å². The van der Waals surface area contributed by atoms with Gasteiger partial charge in [0, 0.05) is 5.56 Å². The molecule has 1 saturated heterocycles. The Morgan fingerprint density at radius 2 is 1.55 bits per heavy atom. The first-order valence-electron chi connectivity index (χ1n) is 8.98. The van der Waals surface area contributed by atoms with E-state index in [2.05, 4.69) is 5.32 Å². The molecule has 9 heteroatoms. The van der Waals surface area contributed by atoms with Crippen molar-refractivity contribution in [2.45, 2.75) is 6.18 Å². The largest absolute Gasteiger partial charge is 0.457 e. The van der Waals surface area contributed by atoms with Crippen LogP contribution in [0, 0.1) is 0 Å². The van der Waals surface area contributed by atoms with Crippen LogP contribution < -0.4 is 10.2 Å². The smallest absolute Gasteiger partial charge is 0.417 e. The summed E-state index contributed by atoms with van der Waals surface area (Å²) in [6.07, 6.45) is -3.50. The predicted octanol–water partition coefficient (Wildman–Crippen LogP) is 4.63. The molecule has 3 aromatic rings. The van der Waals surface area contributed by atoms with Crippen molar-refractivity contribution in [1.82, 2.24) is 5.32 Å². The van der Waals surface area contributed by atoms with Crippen LogP contribution in [0.15, 0.2) is 76.7 Å². The number of nitrogens with one attached hydrogen (secondary N) is 1. The summed E-state index contributed by atoms with van der Waals surface area (Å²) in [4.78, 5) is 38.0. The highest BCUT2D eigenvalue weighted by atomic mass is 19.4. The van der Waals surface area contributed by atoms with Crippen molar-refractivity contribution in [2.24, 2.45) is 0 Å². The quantitative estimate of drug-likeness (QED) is 0.489. The Hall–Kier alpha value is -4.14. The topological polar surface area (TPSA) is 79.6 Å². The van der Waals surface area contributed by atoms with Gasteiger partial charge in [-0.1, -0.05) is 36.4 Å². The zero-order valence-electron chi connectivity index (χ0n) is 15.6. The average molecular weight is 426 g/mol. The number of halogens is 3. The lowest BCUT2D eigenvalue weighted by atomic mass is 10.1. The molecule has 2 aromatic carbocycles. The number of hydrogen-bond donors (Lipinski definition) is 1. The molecule has 4 amide bonds. The second-order valence-corrected chi connectivity index (χ2v) is 6.54. The van der Waals surface area contributed by atoms with Crippen molar-refractivity contribution in [1.29, 1.82) is 0 Å². The molecular formula is C22H13F3N2O4. The number of alkyl halides is 3. The molecule has 31 heavy (non-hydrogen) atoms. The Morgan fingerprint density at radius 1 is 0.871 bits per heavy atom. The van der Waals surface area contributed by atoms with E-state index in [0.717, 1.165) is 17.0 Å². The first kappa shape index (κ1) is 20.1. The number of barbiturate groups is 1. The number of nitrogens with zero attached hydrogens (tertiary/aromatic N) is 1. The Bertz CT molecular complexity index is 1210. The lowest BCUT2D eigenvalue weighted by Crippen LogP contribution is -2.54. The number of amides is 4. The third-order valence-electron chi connectivity index (χ3n) is 4.53. The molecule has 4 rings (SSSR count). The van der Waals surface area contributed by atoms with Crippen LogP contribution in [-0.2, 0) is 15.8 Å². The number of para-hydroxylation sites is 1. The number of furan rings is 1. The highest BCUT2D eigenvalue weighted by molar-refractivity contribution is 6.39. The van der Waals surface area contributed by atoms with Gasteiger partial charge in [-0.2, -0.15) is 13.2 Å². The van der Waals surface area contributed by atoms with E-state index in [1.807, 2.05) is 0 Å². The van der Waals surface area contributed by atoms with E-state index in [0.29, 0.717) is 0 Å². The van der Waals surface area contributed by atoms with Crippen LogP contribution >= 0.6 is 0 Å². The summed E-state index contributed by atoms with van der Waals surface area (Å²) >= 11 is 0. The molecule has 156 valence electrons. The predicted molar refractivity (Wildman–Crippen MR) is 105 cm³/mol. The van der Waals surface area contributed by atoms with Crippen LogP contribution in [0.4, 0.5) is 23.7 Å². The van der Waals surface area contributed by atoms with Crippen molar-refractivity contribution >= 4 is 29.6 Å². The fourth-order valence-corrected chi connectivity index (χ4v) is 3.13. The molecule has 2 heterocycles. The third kappa shape index (κ3) is 3.85. The molecule has 1 N–H and O–H groups in total. The van der Waals surface area contributed by atoms with Crippen LogP contribution in [0.5, 0.6) is 0 Å². The molecule has 1 aliphatic heterocycles. The van der Waals surface area contributed by atoms with E-state index in [4.69, 9.17) is 4.42 Å². The van der Waals surface area contributed by atoms with Crippen LogP contribution in [0.1, 0.15) is 11.3 Å². The number of rotatable bonds is 3. The molecule has 1 aromatic heterocycles. The van der Waals surface area contributed by atoms with E-state index in [9.17, 15) is 27.6 Å². The second-order valence-electron chi connectivity index (χ2n) is 6.54. The van der Waals surface area contributed by atoms with Gasteiger partial charge < -0.3 is 4.42 Å². The SMILES string of the molecule is O=C1NC(=O)N(c2ccccc2)C(=O)/C1=C/c1ccc(-c2ccccc2C(F)(F)F)o1. The zero-order valence-corrected chi connectivity index (χ0v) is 15.6. The molecule has 6 nitrogen and oxygen atoms in total. The van der Waals surface area contributed by atoms with E-state index in [1.165, 1.54) is 42.5 Å². The highest BCUT2D eigenvalue weighted by Gasteiger charge is 2.37. The van der Waals surface area contributed by atoms with E-state index >= 15 is 0 Å². The number of anilines is 1. The Morgan fingerprint density at radius 3 is 2.26 bits per heavy atom. The lowest BCUT2D eigenvalue weighted by molar-refractivity contribution is -0.137. The van der Waals surface area contributed by atoms with Crippen molar-refractivity contribution in [3.63, 3.8) is 0 Å². The molecule has 0 unspecified atom stereocenters. The summed E-state index contributed by atoms with van der Waals surface area (Å²) in [5.41, 5.74) is -1.20. The van der Waals surface area contributed by atoms with Gasteiger partial charge in [0.2, 0.25) is 0 Å². The van der Waals surface area contributed by atoms with Crippen molar-refractivity contribution in [2.75, 3.05) is 4.90 Å². The molecule has 0 saturated carbocycles. The summed E-state index contributed by atoms with van der Waals surface area (Å²) < 4.78 is 45.3. The summed E-state index contributed by atoms with van der Waals surface area (Å²) in [5.74, 6) is -1.92. The molecule has 1 aliphatic rings. The molecule has 0 spiro atoms. The minimum atomic E-state index is -4.59. The lowest BCUT2D eigenvalue weighted by Gasteiger charge is -2.26. The van der Waals surface area contributed by atoms with Crippen LogP contribution in [0.25, 0.3) is 17.4 Å². The minimum Gasteiger partial charge on any atom is -0.457 e. The van der Waals surface area contributed by atoms with Crippen LogP contribution in [0.2, 0.25) is 0 Å². The third-order valence-corrected chi connectivity index (χ3v) is 4.53. The maximum atomic E-state index is 13.3. The van der Waals surface area contributed by atoms with E-state index in [-0.39, 0.29) is 22.8 Å². The first-order chi connectivity index (χ1) is 14.8. The van der Waals surface area contributed by atoms with E-state index in [1.54, 1.807) is 18.2 Å². The summed E-state index contributed by atoms with van der Waals surface area (Å²) in [6.45, 7) is 0. The summed E-state index contributed by atoms with van der Waals surface area (Å²) in [6, 6.07) is 14.6. The van der Waals surface area contributed by atoms with E-state index < -0.39 is 35.2 Å². The van der Waals surface area contributed by atoms with Gasteiger partial charge in [0.1, 0.15) is 17.1 Å². The van der Waals surface area contributed by atoms with Gasteiger partial charge in [-0.25, -0.2) is 9.69 Å². The minimum absolute atomic E-state index is 0.0205. The number of urea groups is 1. The standard InChI is InChI=1S/C22H13F3N2O4/c23-22(24,25)17-9-5-4-8-15(17)18-11-10-14(31-18)12-16-19(28)26-21(30)27(20(16)29)13-6-2-1-3-7-13/h1-12H,(H,26,28,30)/b16-12+. The van der Waals surface area contributed by atoms with Gasteiger partial charge in [-0.05, 0) is 36.4 Å². The molecular weight excluding hydrogens is 413 g/mol. The van der Waals surface area contributed by atoms with Crippen molar-refractivity contribution in [3.05, 3.63) is 83.6 Å². The average Bonchev–Trinajstić information content (AvgIpc) is 3.20. The van der Waals surface area contributed by atoms with Gasteiger partial charge in [-0.15, -0.1) is 0 Å². The van der Waals surface area contributed by atoms with Gasteiger partial charge in [0.25, 0.3) is 11.8 Å². The zero-order chi connectivity index (χ0) is 22.2. The Labute approximate surface area is 173 Å².